The van der Waals surface area contributed by atoms with Gasteiger partial charge in [0.2, 0.25) is 0 Å². The number of likely N-dealkylation sites (tertiary alicyclic amines) is 1. The van der Waals surface area contributed by atoms with Crippen molar-refractivity contribution >= 4 is 0 Å². The average molecular weight is 189 g/mol. The van der Waals surface area contributed by atoms with Gasteiger partial charge in [-0.25, -0.2) is 0 Å². The van der Waals surface area contributed by atoms with E-state index in [0.29, 0.717) is 11.0 Å². The summed E-state index contributed by atoms with van der Waals surface area (Å²) in [5, 5.41) is 0. The molecule has 1 atom stereocenters. The molecule has 1 aliphatic rings. The van der Waals surface area contributed by atoms with Crippen LogP contribution in [0.5, 0.6) is 0 Å². The van der Waals surface area contributed by atoms with Crippen LogP contribution in [0.4, 0.5) is 4.70 Å². The van der Waals surface area contributed by atoms with Crippen LogP contribution < -0.4 is 0 Å². The molecular weight excluding hydrogens is 165 g/mol. The molecule has 0 radical (unpaired) electrons. The van der Waals surface area contributed by atoms with Gasteiger partial charge in [0.1, 0.15) is 0 Å². The van der Waals surface area contributed by atoms with Crippen LogP contribution >= 0.6 is 0 Å². The van der Waals surface area contributed by atoms with Crippen LogP contribution in [0, 0.1) is 11.3 Å². The summed E-state index contributed by atoms with van der Waals surface area (Å²) in [5.74, 6) is 0.837. The summed E-state index contributed by atoms with van der Waals surface area (Å²) in [5.41, 5.74) is 0.769. The van der Waals surface area contributed by atoms with Crippen molar-refractivity contribution in [2.45, 2.75) is 46.6 Å². The van der Waals surface area contributed by atoms with Crippen LogP contribution in [0.15, 0.2) is 0 Å². The Morgan fingerprint density at radius 2 is 1.62 bits per heavy atom. The van der Waals surface area contributed by atoms with Crippen molar-refractivity contribution in [3.8, 4) is 0 Å². The molecule has 0 saturated carbocycles. The average Bonchev–Trinajstić information content (AvgIpc) is 1.96. The minimum absolute atomic E-state index is 0. The molecule has 1 aliphatic heterocycles. The van der Waals surface area contributed by atoms with E-state index in [-0.39, 0.29) is 4.70 Å². The molecule has 1 rings (SSSR count). The van der Waals surface area contributed by atoms with Crippen molar-refractivity contribution in [1.29, 1.82) is 0 Å². The fraction of sp³-hybridized carbons (Fsp3) is 1.00. The minimum atomic E-state index is 0. The van der Waals surface area contributed by atoms with Crippen LogP contribution in [0.1, 0.15) is 41.0 Å². The summed E-state index contributed by atoms with van der Waals surface area (Å²) in [6.45, 7) is 13.2. The van der Waals surface area contributed by atoms with Crippen molar-refractivity contribution in [2.75, 3.05) is 13.6 Å². The number of halogens is 1. The Kier molecular flexibility index (Phi) is 3.53. The lowest BCUT2D eigenvalue weighted by atomic mass is 9.62. The monoisotopic (exact) mass is 189 g/mol. The second kappa shape index (κ2) is 3.56. The predicted octanol–water partition coefficient (Wildman–Crippen LogP) is 2.92. The topological polar surface area (TPSA) is 3.24 Å². The molecule has 0 aromatic carbocycles. The SMILES string of the molecule is CC1CCN(C)C(C)(C)C1(C)C.F. The molecule has 1 saturated heterocycles. The maximum absolute atomic E-state index is 2.49. The van der Waals surface area contributed by atoms with Gasteiger partial charge in [0, 0.05) is 5.54 Å². The third kappa shape index (κ3) is 1.74. The smallest absolute Gasteiger partial charge is 0.0203 e. The Hall–Kier alpha value is -0.110. The van der Waals surface area contributed by atoms with Gasteiger partial charge in [-0.05, 0) is 45.2 Å². The number of piperidine rings is 1. The van der Waals surface area contributed by atoms with Gasteiger partial charge >= 0.3 is 0 Å². The molecule has 0 amide bonds. The molecule has 2 heteroatoms. The van der Waals surface area contributed by atoms with E-state index in [1.165, 1.54) is 13.0 Å². The third-order valence-corrected chi connectivity index (χ3v) is 4.66. The van der Waals surface area contributed by atoms with E-state index < -0.39 is 0 Å². The molecule has 1 nitrogen and oxygen atoms in total. The molecule has 13 heavy (non-hydrogen) atoms. The summed E-state index contributed by atoms with van der Waals surface area (Å²) >= 11 is 0. The molecule has 0 aliphatic carbocycles. The summed E-state index contributed by atoms with van der Waals surface area (Å²) in [4.78, 5) is 2.49. The molecule has 0 spiro atoms. The van der Waals surface area contributed by atoms with Crippen molar-refractivity contribution in [1.82, 2.24) is 4.90 Å². The fourth-order valence-corrected chi connectivity index (χ4v) is 2.12. The van der Waals surface area contributed by atoms with Crippen LogP contribution in [0.25, 0.3) is 0 Å². The summed E-state index contributed by atoms with van der Waals surface area (Å²) < 4.78 is 0. The first-order chi connectivity index (χ1) is 5.30. The van der Waals surface area contributed by atoms with Crippen molar-refractivity contribution in [2.24, 2.45) is 11.3 Å². The van der Waals surface area contributed by atoms with Crippen LogP contribution in [-0.4, -0.2) is 24.0 Å². The lowest BCUT2D eigenvalue weighted by Crippen LogP contribution is -2.59. The maximum atomic E-state index is 2.49. The summed E-state index contributed by atoms with van der Waals surface area (Å²) in [6.07, 6.45) is 1.34. The van der Waals surface area contributed by atoms with Crippen molar-refractivity contribution in [3.05, 3.63) is 0 Å². The summed E-state index contributed by atoms with van der Waals surface area (Å²) in [6, 6.07) is 0. The van der Waals surface area contributed by atoms with Crippen LogP contribution in [-0.2, 0) is 0 Å². The van der Waals surface area contributed by atoms with E-state index in [0.717, 1.165) is 5.92 Å². The number of rotatable bonds is 0. The molecule has 0 N–H and O–H groups in total. The normalized spacial score (nSPS) is 32.3. The lowest BCUT2D eigenvalue weighted by Gasteiger charge is -2.55. The molecule has 0 aromatic heterocycles. The zero-order valence-corrected chi connectivity index (χ0v) is 9.85. The number of hydrogen-bond acceptors (Lipinski definition) is 1. The lowest BCUT2D eigenvalue weighted by molar-refractivity contribution is -0.0509. The highest BCUT2D eigenvalue weighted by molar-refractivity contribution is 5.00. The predicted molar refractivity (Wildman–Crippen MR) is 56.8 cm³/mol. The molecular formula is C11H24FN. The Morgan fingerprint density at radius 1 is 1.15 bits per heavy atom. The van der Waals surface area contributed by atoms with Gasteiger partial charge in [-0.1, -0.05) is 20.8 Å². The van der Waals surface area contributed by atoms with Gasteiger partial charge in [-0.2, -0.15) is 0 Å². The van der Waals surface area contributed by atoms with E-state index in [2.05, 4.69) is 46.6 Å². The molecule has 1 fully saturated rings. The molecule has 80 valence electrons. The summed E-state index contributed by atoms with van der Waals surface area (Å²) in [7, 11) is 2.24. The Balaban J connectivity index is 0.00000144. The fourth-order valence-electron chi connectivity index (χ4n) is 2.12. The quantitative estimate of drug-likeness (QED) is 0.566. The second-order valence-electron chi connectivity index (χ2n) is 5.39. The van der Waals surface area contributed by atoms with Gasteiger partial charge in [0.05, 0.1) is 0 Å². The van der Waals surface area contributed by atoms with Crippen LogP contribution in [0.2, 0.25) is 0 Å². The first kappa shape index (κ1) is 12.9. The van der Waals surface area contributed by atoms with Gasteiger partial charge in [0.15, 0.2) is 0 Å². The van der Waals surface area contributed by atoms with E-state index in [1.807, 2.05) is 0 Å². The van der Waals surface area contributed by atoms with E-state index in [1.54, 1.807) is 0 Å². The minimum Gasteiger partial charge on any atom is -0.301 e. The van der Waals surface area contributed by atoms with Crippen molar-refractivity contribution < 1.29 is 4.70 Å². The van der Waals surface area contributed by atoms with Crippen LogP contribution in [0.3, 0.4) is 0 Å². The highest BCUT2D eigenvalue weighted by Crippen LogP contribution is 2.46. The maximum Gasteiger partial charge on any atom is 0.0203 e. The number of nitrogens with zero attached hydrogens (tertiary/aromatic N) is 1. The largest absolute Gasteiger partial charge is 0.301 e. The van der Waals surface area contributed by atoms with Gasteiger partial charge in [-0.15, -0.1) is 0 Å². The number of hydrogen-bond donors (Lipinski definition) is 0. The van der Waals surface area contributed by atoms with Crippen molar-refractivity contribution in [3.63, 3.8) is 0 Å². The molecule has 1 unspecified atom stereocenters. The first-order valence-electron chi connectivity index (χ1n) is 5.01. The van der Waals surface area contributed by atoms with E-state index in [4.69, 9.17) is 0 Å². The molecule has 1 heterocycles. The van der Waals surface area contributed by atoms with Gasteiger partial charge in [0.25, 0.3) is 0 Å². The van der Waals surface area contributed by atoms with E-state index >= 15 is 0 Å². The first-order valence-corrected chi connectivity index (χ1v) is 5.01. The van der Waals surface area contributed by atoms with Gasteiger partial charge in [-0.3, -0.25) is 4.70 Å². The zero-order chi connectivity index (χ0) is 9.57. The Bertz CT molecular complexity index is 155. The molecule has 0 bridgehead atoms. The zero-order valence-electron chi connectivity index (χ0n) is 9.85. The Morgan fingerprint density at radius 3 is 2.00 bits per heavy atom. The standard InChI is InChI=1S/C11H23N.FH/c1-9-7-8-12(6)11(4,5)10(9,2)3;/h9H,7-8H2,1-6H3;1H. The highest BCUT2D eigenvalue weighted by atomic mass is 19.0. The highest BCUT2D eigenvalue weighted by Gasteiger charge is 2.46. The second-order valence-corrected chi connectivity index (χ2v) is 5.39. The van der Waals surface area contributed by atoms with Gasteiger partial charge < -0.3 is 4.90 Å². The third-order valence-electron chi connectivity index (χ3n) is 4.66. The molecule has 0 aromatic rings. The van der Waals surface area contributed by atoms with E-state index in [9.17, 15) is 0 Å². The Labute approximate surface area is 81.9 Å².